The Kier molecular flexibility index (Phi) is 4.82. The summed E-state index contributed by atoms with van der Waals surface area (Å²) >= 11 is 0. The van der Waals surface area contributed by atoms with Crippen LogP contribution >= 0.6 is 0 Å². The van der Waals surface area contributed by atoms with Crippen molar-refractivity contribution in [2.75, 3.05) is 0 Å². The van der Waals surface area contributed by atoms with Crippen LogP contribution < -0.4 is 0 Å². The maximum Gasteiger partial charge on any atom is 0.0619 e. The van der Waals surface area contributed by atoms with Crippen LogP contribution in [0.5, 0.6) is 0 Å². The van der Waals surface area contributed by atoms with E-state index in [1.165, 1.54) is 72.0 Å². The highest BCUT2D eigenvalue weighted by atomic mass is 15.0. The van der Waals surface area contributed by atoms with Gasteiger partial charge in [0.25, 0.3) is 0 Å². The molecule has 1 nitrogen and oxygen atoms in total. The lowest BCUT2D eigenvalue weighted by Crippen LogP contribution is -2.32. The number of rotatable bonds is 2. The number of hydrogen-bond acceptors (Lipinski definition) is 0. The molecule has 3 aliphatic carbocycles. The summed E-state index contributed by atoms with van der Waals surface area (Å²) in [5, 5.41) is 2.57. The molecular formula is C43H29N. The van der Waals surface area contributed by atoms with Crippen LogP contribution in [-0.4, -0.2) is 4.57 Å². The van der Waals surface area contributed by atoms with Gasteiger partial charge in [0, 0.05) is 33.9 Å². The monoisotopic (exact) mass is 559 g/mol. The number of hydrogen-bond donors (Lipinski definition) is 0. The summed E-state index contributed by atoms with van der Waals surface area (Å²) in [6, 6.07) is 52.0. The highest BCUT2D eigenvalue weighted by molar-refractivity contribution is 6.13. The van der Waals surface area contributed by atoms with Crippen molar-refractivity contribution in [3.8, 4) is 27.9 Å². The first-order chi connectivity index (χ1) is 21.9. The van der Waals surface area contributed by atoms with Crippen LogP contribution in [0.2, 0.25) is 0 Å². The maximum atomic E-state index is 2.51. The first kappa shape index (κ1) is 24.1. The lowest BCUT2D eigenvalue weighted by atomic mass is 9.65. The smallest absolute Gasteiger partial charge is 0.0619 e. The Morgan fingerprint density at radius 2 is 1.16 bits per heavy atom. The van der Waals surface area contributed by atoms with Crippen LogP contribution in [0.3, 0.4) is 0 Å². The molecule has 1 spiro atoms. The highest BCUT2D eigenvalue weighted by Gasteiger charge is 2.56. The van der Waals surface area contributed by atoms with Crippen LogP contribution in [0.25, 0.3) is 49.7 Å². The lowest BCUT2D eigenvalue weighted by molar-refractivity contribution is 0.465. The molecule has 10 rings (SSSR count). The molecule has 3 aliphatic rings. The third-order valence-corrected chi connectivity index (χ3v) is 10.5. The zero-order valence-corrected chi connectivity index (χ0v) is 24.2. The van der Waals surface area contributed by atoms with Gasteiger partial charge in [-0.15, -0.1) is 0 Å². The predicted octanol–water partition coefficient (Wildman–Crippen LogP) is 10.6. The van der Waals surface area contributed by atoms with Crippen molar-refractivity contribution in [3.05, 3.63) is 186 Å². The fourth-order valence-electron chi connectivity index (χ4n) is 8.88. The van der Waals surface area contributed by atoms with Crippen LogP contribution in [0.4, 0.5) is 0 Å². The maximum absolute atomic E-state index is 2.51. The number of allylic oxidation sites excluding steroid dienone is 4. The van der Waals surface area contributed by atoms with Crippen molar-refractivity contribution in [2.24, 2.45) is 5.92 Å². The molecule has 206 valence electrons. The normalized spacial score (nSPS) is 18.5. The number of nitrogens with zero attached hydrogens (tertiary/aromatic N) is 1. The summed E-state index contributed by atoms with van der Waals surface area (Å²) in [5.74, 6) is 0.641. The Balaban J connectivity index is 1.27. The lowest BCUT2D eigenvalue weighted by Gasteiger charge is -2.36. The molecular weight excluding hydrogens is 530 g/mol. The zero-order valence-electron chi connectivity index (χ0n) is 24.2. The van der Waals surface area contributed by atoms with Gasteiger partial charge in [-0.2, -0.15) is 0 Å². The summed E-state index contributed by atoms with van der Waals surface area (Å²) in [7, 11) is 0. The van der Waals surface area contributed by atoms with E-state index in [0.717, 1.165) is 0 Å². The van der Waals surface area contributed by atoms with E-state index in [-0.39, 0.29) is 5.41 Å². The average molecular weight is 560 g/mol. The zero-order chi connectivity index (χ0) is 28.8. The highest BCUT2D eigenvalue weighted by Crippen LogP contribution is 2.65. The molecule has 1 heteroatoms. The van der Waals surface area contributed by atoms with E-state index in [2.05, 4.69) is 168 Å². The number of benzene rings is 6. The van der Waals surface area contributed by atoms with Crippen LogP contribution in [-0.2, 0) is 5.41 Å². The molecule has 0 radical (unpaired) electrons. The van der Waals surface area contributed by atoms with E-state index in [9.17, 15) is 0 Å². The van der Waals surface area contributed by atoms with Gasteiger partial charge in [-0.3, -0.25) is 0 Å². The Bertz CT molecular complexity index is 2300. The van der Waals surface area contributed by atoms with Gasteiger partial charge in [-0.05, 0) is 57.1 Å². The van der Waals surface area contributed by atoms with E-state index in [1.54, 1.807) is 0 Å². The molecule has 0 aliphatic heterocycles. The molecule has 0 bridgehead atoms. The van der Waals surface area contributed by atoms with Gasteiger partial charge in [0.05, 0.1) is 16.4 Å². The summed E-state index contributed by atoms with van der Waals surface area (Å²) < 4.78 is 2.45. The number of para-hydroxylation sites is 3. The minimum absolute atomic E-state index is 0.197. The first-order valence-corrected chi connectivity index (χ1v) is 15.6. The van der Waals surface area contributed by atoms with Crippen molar-refractivity contribution < 1.29 is 0 Å². The molecule has 7 aromatic rings. The molecule has 0 saturated heterocycles. The fraction of sp³-hybridized carbons (Fsp3) is 0.0698. The van der Waals surface area contributed by atoms with Gasteiger partial charge < -0.3 is 4.57 Å². The van der Waals surface area contributed by atoms with E-state index < -0.39 is 0 Å². The van der Waals surface area contributed by atoms with Crippen molar-refractivity contribution in [1.29, 1.82) is 0 Å². The second kappa shape index (κ2) is 8.81. The molecule has 1 heterocycles. The molecule has 2 atom stereocenters. The Labute approximate surface area is 257 Å². The summed E-state index contributed by atoms with van der Waals surface area (Å²) in [4.78, 5) is 0. The van der Waals surface area contributed by atoms with Gasteiger partial charge >= 0.3 is 0 Å². The fourth-order valence-corrected chi connectivity index (χ4v) is 8.88. The second-order valence-corrected chi connectivity index (χ2v) is 12.4. The summed E-state index contributed by atoms with van der Waals surface area (Å²) in [5.41, 5.74) is 14.5. The van der Waals surface area contributed by atoms with Crippen molar-refractivity contribution in [2.45, 2.75) is 11.3 Å². The average Bonchev–Trinajstić information content (AvgIpc) is 3.70. The van der Waals surface area contributed by atoms with E-state index in [0.29, 0.717) is 11.8 Å². The van der Waals surface area contributed by atoms with Gasteiger partial charge in [-0.1, -0.05) is 146 Å². The van der Waals surface area contributed by atoms with Gasteiger partial charge in [0.1, 0.15) is 0 Å². The molecule has 2 unspecified atom stereocenters. The molecule has 0 saturated carbocycles. The Hall–Kier alpha value is -5.40. The van der Waals surface area contributed by atoms with Crippen molar-refractivity contribution in [3.63, 3.8) is 0 Å². The molecule has 44 heavy (non-hydrogen) atoms. The van der Waals surface area contributed by atoms with Gasteiger partial charge in [0.15, 0.2) is 0 Å². The topological polar surface area (TPSA) is 4.93 Å². The summed E-state index contributed by atoms with van der Waals surface area (Å²) in [6.45, 7) is 0. The second-order valence-electron chi connectivity index (χ2n) is 12.4. The quantitative estimate of drug-likeness (QED) is 0.199. The molecule has 1 aromatic heterocycles. The van der Waals surface area contributed by atoms with E-state index >= 15 is 0 Å². The largest absolute Gasteiger partial charge is 0.309 e. The molecule has 0 N–H and O–H groups in total. The van der Waals surface area contributed by atoms with Crippen molar-refractivity contribution in [1.82, 2.24) is 4.57 Å². The first-order valence-electron chi connectivity index (χ1n) is 15.6. The predicted molar refractivity (Wildman–Crippen MR) is 182 cm³/mol. The molecule has 0 fully saturated rings. The minimum Gasteiger partial charge on any atom is -0.309 e. The van der Waals surface area contributed by atoms with Crippen molar-refractivity contribution >= 4 is 21.8 Å². The van der Waals surface area contributed by atoms with Crippen LogP contribution in [0, 0.1) is 5.92 Å². The van der Waals surface area contributed by atoms with Crippen LogP contribution in [0.15, 0.2) is 164 Å². The Morgan fingerprint density at radius 1 is 0.500 bits per heavy atom. The standard InChI is InChI=1S/C43H29N/c1-2-13-29(14-3-1)44-41-24-11-7-18-34(41)35-20-12-19-30(42(35)44)28-25-26-40-36(27-28)33-17-6-10-23-39(33)43(40)37-21-8-4-15-31(37)32-16-5-9-22-38(32)43/h1-27,33,39H. The third kappa shape index (κ3) is 2.94. The molecule has 6 aromatic carbocycles. The Morgan fingerprint density at radius 3 is 1.98 bits per heavy atom. The molecule has 0 amide bonds. The van der Waals surface area contributed by atoms with E-state index in [1.807, 2.05) is 0 Å². The van der Waals surface area contributed by atoms with Gasteiger partial charge in [-0.25, -0.2) is 0 Å². The van der Waals surface area contributed by atoms with E-state index in [4.69, 9.17) is 0 Å². The number of aromatic nitrogens is 1. The minimum atomic E-state index is -0.197. The number of fused-ring (bicyclic) bond motifs is 13. The SMILES string of the molecule is C1=CC2c3cc(-c4cccc5c6ccccc6n(-c6ccccc6)c45)ccc3C3(c4ccccc4-c4ccccc43)C2C=C1. The third-order valence-electron chi connectivity index (χ3n) is 10.5. The van der Waals surface area contributed by atoms with Gasteiger partial charge in [0.2, 0.25) is 0 Å². The van der Waals surface area contributed by atoms with Crippen LogP contribution in [0.1, 0.15) is 28.2 Å². The summed E-state index contributed by atoms with van der Waals surface area (Å²) in [6.07, 6.45) is 9.42.